The number of rotatable bonds is 4. The van der Waals surface area contributed by atoms with E-state index in [0.29, 0.717) is 5.38 Å². The van der Waals surface area contributed by atoms with Crippen molar-refractivity contribution in [1.29, 1.82) is 0 Å². The molecule has 1 aliphatic rings. The lowest BCUT2D eigenvalue weighted by Crippen LogP contribution is -2.19. The van der Waals surface area contributed by atoms with Crippen LogP contribution in [0.4, 0.5) is 0 Å². The molecule has 2 heteroatoms. The number of alkyl halides is 1. The molecule has 72 valence electrons. The van der Waals surface area contributed by atoms with E-state index >= 15 is 0 Å². The van der Waals surface area contributed by atoms with Gasteiger partial charge >= 0.3 is 0 Å². The Balaban J connectivity index is 2.11. The van der Waals surface area contributed by atoms with Gasteiger partial charge < -0.3 is 0 Å². The van der Waals surface area contributed by atoms with Gasteiger partial charge in [-0.2, -0.15) is 11.8 Å². The molecule has 1 fully saturated rings. The quantitative estimate of drug-likeness (QED) is 0.496. The van der Waals surface area contributed by atoms with Crippen LogP contribution in [0.5, 0.6) is 0 Å². The van der Waals surface area contributed by atoms with E-state index in [4.69, 9.17) is 11.6 Å². The molecule has 0 saturated heterocycles. The van der Waals surface area contributed by atoms with E-state index in [2.05, 4.69) is 6.26 Å². The highest BCUT2D eigenvalue weighted by atomic mass is 35.5. The van der Waals surface area contributed by atoms with Crippen molar-refractivity contribution >= 4 is 23.4 Å². The van der Waals surface area contributed by atoms with Gasteiger partial charge in [0.15, 0.2) is 0 Å². The molecule has 0 bridgehead atoms. The number of thioether (sulfide) groups is 1. The first-order valence-electron chi connectivity index (χ1n) is 4.97. The van der Waals surface area contributed by atoms with Crippen LogP contribution in [0.3, 0.4) is 0 Å². The van der Waals surface area contributed by atoms with Crippen molar-refractivity contribution < 1.29 is 0 Å². The van der Waals surface area contributed by atoms with Gasteiger partial charge in [0.25, 0.3) is 0 Å². The molecule has 0 amide bonds. The van der Waals surface area contributed by atoms with Gasteiger partial charge in [-0.3, -0.25) is 0 Å². The molecule has 1 saturated carbocycles. The lowest BCUT2D eigenvalue weighted by atomic mass is 9.86. The average Bonchev–Trinajstić information content (AvgIpc) is 2.09. The molecule has 0 aromatic carbocycles. The SMILES string of the molecule is CSCCCC1CCCCC1Cl. The minimum absolute atomic E-state index is 0.487. The normalized spacial score (nSPS) is 30.5. The predicted molar refractivity (Wildman–Crippen MR) is 59.2 cm³/mol. The maximum atomic E-state index is 6.25. The van der Waals surface area contributed by atoms with Gasteiger partial charge in [-0.25, -0.2) is 0 Å². The van der Waals surface area contributed by atoms with E-state index in [1.165, 1.54) is 44.3 Å². The van der Waals surface area contributed by atoms with Crippen LogP contribution < -0.4 is 0 Å². The molecule has 0 aromatic heterocycles. The van der Waals surface area contributed by atoms with Gasteiger partial charge in [0.05, 0.1) is 0 Å². The number of hydrogen-bond acceptors (Lipinski definition) is 1. The molecule has 0 aromatic rings. The van der Waals surface area contributed by atoms with Gasteiger partial charge in [-0.1, -0.05) is 12.8 Å². The minimum Gasteiger partial charge on any atom is -0.165 e. The van der Waals surface area contributed by atoms with Crippen molar-refractivity contribution in [2.24, 2.45) is 5.92 Å². The van der Waals surface area contributed by atoms with Crippen molar-refractivity contribution in [2.75, 3.05) is 12.0 Å². The molecule has 0 N–H and O–H groups in total. The van der Waals surface area contributed by atoms with E-state index in [-0.39, 0.29) is 0 Å². The molecular formula is C10H19ClS. The van der Waals surface area contributed by atoms with Crippen LogP contribution in [0.2, 0.25) is 0 Å². The lowest BCUT2D eigenvalue weighted by molar-refractivity contribution is 0.344. The molecule has 0 spiro atoms. The zero-order valence-corrected chi connectivity index (χ0v) is 9.46. The van der Waals surface area contributed by atoms with E-state index in [9.17, 15) is 0 Å². The summed E-state index contributed by atoms with van der Waals surface area (Å²) in [4.78, 5) is 0. The van der Waals surface area contributed by atoms with E-state index in [0.717, 1.165) is 5.92 Å². The van der Waals surface area contributed by atoms with Crippen molar-refractivity contribution in [3.8, 4) is 0 Å². The Bertz CT molecular complexity index is 116. The first-order valence-corrected chi connectivity index (χ1v) is 6.80. The zero-order valence-electron chi connectivity index (χ0n) is 7.89. The highest BCUT2D eigenvalue weighted by Crippen LogP contribution is 2.31. The molecular weight excluding hydrogens is 188 g/mol. The van der Waals surface area contributed by atoms with Crippen LogP contribution in [-0.4, -0.2) is 17.4 Å². The monoisotopic (exact) mass is 206 g/mol. The van der Waals surface area contributed by atoms with E-state index in [1.807, 2.05) is 11.8 Å². The Kier molecular flexibility index (Phi) is 5.49. The maximum absolute atomic E-state index is 6.25. The van der Waals surface area contributed by atoms with E-state index < -0.39 is 0 Å². The zero-order chi connectivity index (χ0) is 8.81. The maximum Gasteiger partial charge on any atom is 0.0364 e. The summed E-state index contributed by atoms with van der Waals surface area (Å²) in [6.07, 6.45) is 10.3. The van der Waals surface area contributed by atoms with Crippen molar-refractivity contribution in [3.05, 3.63) is 0 Å². The van der Waals surface area contributed by atoms with Crippen molar-refractivity contribution in [1.82, 2.24) is 0 Å². The molecule has 0 radical (unpaired) electrons. The molecule has 1 rings (SSSR count). The van der Waals surface area contributed by atoms with Crippen LogP contribution >= 0.6 is 23.4 Å². The van der Waals surface area contributed by atoms with Gasteiger partial charge in [-0.05, 0) is 43.6 Å². The number of halogens is 1. The Morgan fingerprint density at radius 2 is 2.08 bits per heavy atom. The van der Waals surface area contributed by atoms with Crippen LogP contribution in [0, 0.1) is 5.92 Å². The first-order chi connectivity index (χ1) is 5.84. The van der Waals surface area contributed by atoms with Gasteiger partial charge in [-0.15, -0.1) is 11.6 Å². The fourth-order valence-electron chi connectivity index (χ4n) is 1.98. The second-order valence-electron chi connectivity index (χ2n) is 3.70. The van der Waals surface area contributed by atoms with Gasteiger partial charge in [0.1, 0.15) is 0 Å². The summed E-state index contributed by atoms with van der Waals surface area (Å²) in [5.74, 6) is 2.13. The van der Waals surface area contributed by atoms with Crippen molar-refractivity contribution in [3.63, 3.8) is 0 Å². The number of hydrogen-bond donors (Lipinski definition) is 0. The van der Waals surface area contributed by atoms with Crippen LogP contribution in [-0.2, 0) is 0 Å². The summed E-state index contributed by atoms with van der Waals surface area (Å²) in [6, 6.07) is 0. The topological polar surface area (TPSA) is 0 Å². The predicted octanol–water partition coefficient (Wildman–Crippen LogP) is 3.93. The molecule has 2 unspecified atom stereocenters. The average molecular weight is 207 g/mol. The Morgan fingerprint density at radius 1 is 1.33 bits per heavy atom. The fraction of sp³-hybridized carbons (Fsp3) is 1.00. The summed E-state index contributed by atoms with van der Waals surface area (Å²) in [7, 11) is 0. The molecule has 0 aliphatic heterocycles. The Morgan fingerprint density at radius 3 is 2.75 bits per heavy atom. The van der Waals surface area contributed by atoms with Crippen LogP contribution in [0.1, 0.15) is 38.5 Å². The lowest BCUT2D eigenvalue weighted by Gasteiger charge is -2.26. The van der Waals surface area contributed by atoms with Crippen molar-refractivity contribution in [2.45, 2.75) is 43.9 Å². The summed E-state index contributed by atoms with van der Waals surface area (Å²) < 4.78 is 0. The van der Waals surface area contributed by atoms with Gasteiger partial charge in [0, 0.05) is 5.38 Å². The Labute approximate surface area is 85.4 Å². The summed E-state index contributed by atoms with van der Waals surface area (Å²) in [6.45, 7) is 0. The summed E-state index contributed by atoms with van der Waals surface area (Å²) in [5, 5.41) is 0.487. The molecule has 1 aliphatic carbocycles. The van der Waals surface area contributed by atoms with Gasteiger partial charge in [0.2, 0.25) is 0 Å². The molecule has 0 nitrogen and oxygen atoms in total. The molecule has 0 heterocycles. The van der Waals surface area contributed by atoms with Crippen LogP contribution in [0.15, 0.2) is 0 Å². The van der Waals surface area contributed by atoms with Crippen LogP contribution in [0.25, 0.3) is 0 Å². The third-order valence-electron chi connectivity index (χ3n) is 2.74. The molecule has 12 heavy (non-hydrogen) atoms. The second-order valence-corrected chi connectivity index (χ2v) is 5.24. The fourth-order valence-corrected chi connectivity index (χ4v) is 2.84. The summed E-state index contributed by atoms with van der Waals surface area (Å²) >= 11 is 8.20. The summed E-state index contributed by atoms with van der Waals surface area (Å²) in [5.41, 5.74) is 0. The first kappa shape index (κ1) is 10.7. The highest BCUT2D eigenvalue weighted by Gasteiger charge is 2.21. The smallest absolute Gasteiger partial charge is 0.0364 e. The Hall–Kier alpha value is 0.640. The third kappa shape index (κ3) is 3.57. The second kappa shape index (κ2) is 6.15. The highest BCUT2D eigenvalue weighted by molar-refractivity contribution is 7.98. The van der Waals surface area contributed by atoms with E-state index in [1.54, 1.807) is 0 Å². The third-order valence-corrected chi connectivity index (χ3v) is 4.01. The minimum atomic E-state index is 0.487. The standard InChI is InChI=1S/C10H19ClS/c1-12-8-4-6-9-5-2-3-7-10(9)11/h9-10H,2-8H2,1H3. The largest absolute Gasteiger partial charge is 0.165 e. The molecule has 2 atom stereocenters.